The first-order valence-electron chi connectivity index (χ1n) is 6.56. The van der Waals surface area contributed by atoms with Crippen molar-refractivity contribution < 1.29 is 27.9 Å². The highest BCUT2D eigenvalue weighted by atomic mass is 32.2. The number of carboxylic acids is 1. The molecule has 0 spiro atoms. The smallest absolute Gasteiger partial charge is 0.326 e. The van der Waals surface area contributed by atoms with Crippen LogP contribution in [0.1, 0.15) is 23.2 Å². The summed E-state index contributed by atoms with van der Waals surface area (Å²) < 4.78 is 27.8. The van der Waals surface area contributed by atoms with Crippen LogP contribution in [0.25, 0.3) is 0 Å². The molecule has 0 saturated heterocycles. The van der Waals surface area contributed by atoms with E-state index in [-0.39, 0.29) is 22.6 Å². The van der Waals surface area contributed by atoms with Gasteiger partial charge in [-0.05, 0) is 31.0 Å². The number of carbonyl (C=O) groups excluding carboxylic acids is 1. The topological polar surface area (TPSA) is 136 Å². The van der Waals surface area contributed by atoms with Crippen molar-refractivity contribution in [2.45, 2.75) is 23.8 Å². The number of primary sulfonamides is 1. The summed E-state index contributed by atoms with van der Waals surface area (Å²) in [5.41, 5.74) is -0.121. The molecule has 0 radical (unpaired) electrons. The van der Waals surface area contributed by atoms with Crippen LogP contribution in [0, 0.1) is 0 Å². The van der Waals surface area contributed by atoms with Crippen LogP contribution in [0.3, 0.4) is 0 Å². The van der Waals surface area contributed by atoms with Crippen LogP contribution >= 0.6 is 0 Å². The molecular formula is C14H18N2O6S. The molecule has 0 aliphatic rings. The lowest BCUT2D eigenvalue weighted by atomic mass is 10.1. The maximum atomic E-state index is 12.3. The summed E-state index contributed by atoms with van der Waals surface area (Å²) in [6, 6.07) is 2.37. The molecular weight excluding hydrogens is 324 g/mol. The second-order valence-corrected chi connectivity index (χ2v) is 6.20. The number of sulfonamides is 1. The highest BCUT2D eigenvalue weighted by Crippen LogP contribution is 2.22. The van der Waals surface area contributed by atoms with Crippen molar-refractivity contribution in [1.82, 2.24) is 5.32 Å². The van der Waals surface area contributed by atoms with Gasteiger partial charge in [-0.25, -0.2) is 18.4 Å². The predicted molar refractivity (Wildman–Crippen MR) is 82.7 cm³/mol. The second-order valence-electron chi connectivity index (χ2n) is 4.64. The molecule has 0 fully saturated rings. The van der Waals surface area contributed by atoms with Gasteiger partial charge in [-0.3, -0.25) is 4.79 Å². The highest BCUT2D eigenvalue weighted by Gasteiger charge is 2.23. The van der Waals surface area contributed by atoms with Gasteiger partial charge in [0.1, 0.15) is 11.8 Å². The Kier molecular flexibility index (Phi) is 6.28. The van der Waals surface area contributed by atoms with Crippen molar-refractivity contribution in [2.24, 2.45) is 5.14 Å². The van der Waals surface area contributed by atoms with Crippen molar-refractivity contribution in [2.75, 3.05) is 7.11 Å². The van der Waals surface area contributed by atoms with Crippen LogP contribution in [0.5, 0.6) is 5.75 Å². The van der Waals surface area contributed by atoms with Crippen LogP contribution < -0.4 is 15.2 Å². The number of carboxylic acid groups (broad SMARTS) is 1. The van der Waals surface area contributed by atoms with E-state index in [0.29, 0.717) is 6.42 Å². The zero-order valence-electron chi connectivity index (χ0n) is 12.5. The number of amides is 1. The van der Waals surface area contributed by atoms with Crippen molar-refractivity contribution in [3.63, 3.8) is 0 Å². The van der Waals surface area contributed by atoms with Gasteiger partial charge >= 0.3 is 5.97 Å². The van der Waals surface area contributed by atoms with E-state index in [0.717, 1.165) is 6.07 Å². The molecule has 1 atom stereocenters. The molecule has 0 bridgehead atoms. The normalized spacial score (nSPS) is 12.3. The summed E-state index contributed by atoms with van der Waals surface area (Å²) in [6.07, 6.45) is 2.08. The van der Waals surface area contributed by atoms with E-state index in [1.165, 1.54) is 25.3 Å². The number of allylic oxidation sites excluding steroid dienone is 1. The van der Waals surface area contributed by atoms with Crippen molar-refractivity contribution in [3.8, 4) is 5.75 Å². The molecule has 1 amide bonds. The van der Waals surface area contributed by atoms with Gasteiger partial charge in [0.2, 0.25) is 10.0 Å². The van der Waals surface area contributed by atoms with E-state index in [1.807, 2.05) is 0 Å². The van der Waals surface area contributed by atoms with Crippen LogP contribution in [0.2, 0.25) is 0 Å². The number of aliphatic carboxylic acids is 1. The average molecular weight is 342 g/mol. The number of carbonyl (C=O) groups is 2. The van der Waals surface area contributed by atoms with Crippen LogP contribution in [0.4, 0.5) is 0 Å². The molecule has 0 saturated carbocycles. The summed E-state index contributed by atoms with van der Waals surface area (Å²) in [4.78, 5) is 23.1. The largest absolute Gasteiger partial charge is 0.496 e. The zero-order valence-corrected chi connectivity index (χ0v) is 13.3. The number of nitrogens with one attached hydrogen (secondary N) is 1. The molecule has 4 N–H and O–H groups in total. The monoisotopic (exact) mass is 342 g/mol. The number of nitrogens with two attached hydrogens (primary N) is 1. The number of methoxy groups -OCH3 is 1. The van der Waals surface area contributed by atoms with E-state index in [2.05, 4.69) is 11.9 Å². The highest BCUT2D eigenvalue weighted by molar-refractivity contribution is 7.89. The Balaban J connectivity index is 3.14. The standard InChI is InChI=1S/C14H18N2O6S/c1-3-4-5-11(14(18)19)16-13(17)10-8-9(23(15,20)21)6-7-12(10)22-2/h3,6-8,11H,1,4-5H2,2H3,(H,16,17)(H,18,19)(H2,15,20,21). The number of hydrogen-bond acceptors (Lipinski definition) is 5. The molecule has 8 nitrogen and oxygen atoms in total. The molecule has 0 aliphatic carbocycles. The third-order valence-electron chi connectivity index (χ3n) is 3.01. The molecule has 0 aromatic heterocycles. The first kappa shape index (κ1) is 18.7. The quantitative estimate of drug-likeness (QED) is 0.588. The number of rotatable bonds is 8. The predicted octanol–water partition coefficient (Wildman–Crippen LogP) is 0.492. The third-order valence-corrected chi connectivity index (χ3v) is 3.92. The molecule has 1 aromatic rings. The van der Waals surface area contributed by atoms with Gasteiger partial charge in [0, 0.05) is 0 Å². The molecule has 1 aromatic carbocycles. The molecule has 0 aliphatic heterocycles. The second kappa shape index (κ2) is 7.75. The van der Waals surface area contributed by atoms with Gasteiger partial charge in [-0.2, -0.15) is 0 Å². The van der Waals surface area contributed by atoms with Gasteiger partial charge in [-0.15, -0.1) is 6.58 Å². The molecule has 126 valence electrons. The molecule has 23 heavy (non-hydrogen) atoms. The van der Waals surface area contributed by atoms with E-state index in [1.54, 1.807) is 0 Å². The first-order chi connectivity index (χ1) is 10.7. The van der Waals surface area contributed by atoms with Gasteiger partial charge in [0.25, 0.3) is 5.91 Å². The number of ether oxygens (including phenoxy) is 1. The minimum absolute atomic E-state index is 0.0998. The SMILES string of the molecule is C=CCCC(NC(=O)c1cc(S(N)(=O)=O)ccc1OC)C(=O)O. The fraction of sp³-hybridized carbons (Fsp3) is 0.286. The minimum atomic E-state index is -4.01. The Bertz CT molecular complexity index is 714. The summed E-state index contributed by atoms with van der Waals surface area (Å²) in [5, 5.41) is 16.5. The Morgan fingerprint density at radius 3 is 2.61 bits per heavy atom. The summed E-state index contributed by atoms with van der Waals surface area (Å²) in [6.45, 7) is 3.49. The number of benzene rings is 1. The average Bonchev–Trinajstić information content (AvgIpc) is 2.49. The van der Waals surface area contributed by atoms with Crippen molar-refractivity contribution in [3.05, 3.63) is 36.4 Å². The van der Waals surface area contributed by atoms with Gasteiger partial charge in [0.05, 0.1) is 17.6 Å². The third kappa shape index (κ3) is 5.08. The summed E-state index contributed by atoms with van der Waals surface area (Å²) >= 11 is 0. The van der Waals surface area contributed by atoms with Gasteiger partial charge in [0.15, 0.2) is 0 Å². The van der Waals surface area contributed by atoms with Crippen LogP contribution in [-0.4, -0.2) is 38.6 Å². The van der Waals surface area contributed by atoms with E-state index >= 15 is 0 Å². The Morgan fingerprint density at radius 1 is 1.48 bits per heavy atom. The fourth-order valence-corrected chi connectivity index (χ4v) is 2.36. The Labute approximate surface area is 134 Å². The lowest BCUT2D eigenvalue weighted by molar-refractivity contribution is -0.139. The summed E-state index contributed by atoms with van der Waals surface area (Å²) in [7, 11) is -2.71. The molecule has 9 heteroatoms. The number of hydrogen-bond donors (Lipinski definition) is 3. The maximum absolute atomic E-state index is 12.3. The zero-order chi connectivity index (χ0) is 17.6. The van der Waals surface area contributed by atoms with Crippen LogP contribution in [-0.2, 0) is 14.8 Å². The molecule has 0 heterocycles. The van der Waals surface area contributed by atoms with E-state index in [9.17, 15) is 18.0 Å². The van der Waals surface area contributed by atoms with E-state index < -0.39 is 27.9 Å². The van der Waals surface area contributed by atoms with Crippen molar-refractivity contribution in [1.29, 1.82) is 0 Å². The fourth-order valence-electron chi connectivity index (χ4n) is 1.82. The van der Waals surface area contributed by atoms with Crippen molar-refractivity contribution >= 4 is 21.9 Å². The Hall–Kier alpha value is -2.39. The Morgan fingerprint density at radius 2 is 2.13 bits per heavy atom. The molecule has 1 rings (SSSR count). The molecule has 1 unspecified atom stereocenters. The minimum Gasteiger partial charge on any atom is -0.496 e. The lowest BCUT2D eigenvalue weighted by Crippen LogP contribution is -2.40. The summed E-state index contributed by atoms with van der Waals surface area (Å²) in [5.74, 6) is -1.88. The van der Waals surface area contributed by atoms with E-state index in [4.69, 9.17) is 15.0 Å². The van der Waals surface area contributed by atoms with Gasteiger partial charge < -0.3 is 15.2 Å². The first-order valence-corrected chi connectivity index (χ1v) is 8.10. The maximum Gasteiger partial charge on any atom is 0.326 e. The van der Waals surface area contributed by atoms with Gasteiger partial charge in [-0.1, -0.05) is 6.08 Å². The lowest BCUT2D eigenvalue weighted by Gasteiger charge is -2.15. The van der Waals surface area contributed by atoms with Crippen LogP contribution in [0.15, 0.2) is 35.7 Å².